The molecule has 0 amide bonds. The molecule has 1 atom stereocenters. The Morgan fingerprint density at radius 3 is 3.00 bits per heavy atom. The van der Waals surface area contributed by atoms with Gasteiger partial charge in [-0.1, -0.05) is 24.3 Å². The van der Waals surface area contributed by atoms with Crippen LogP contribution in [0.25, 0.3) is 0 Å². The molecule has 0 saturated heterocycles. The van der Waals surface area contributed by atoms with Crippen molar-refractivity contribution in [3.05, 3.63) is 35.4 Å². The summed E-state index contributed by atoms with van der Waals surface area (Å²) >= 11 is 0. The molecule has 0 bridgehead atoms. The molecule has 1 aromatic rings. The predicted molar refractivity (Wildman–Crippen MR) is 55.7 cm³/mol. The Kier molecular flexibility index (Phi) is 2.54. The normalized spacial score (nSPS) is 25.9. The third-order valence-electron chi connectivity index (χ3n) is 2.84. The second-order valence-electron chi connectivity index (χ2n) is 3.78. The Balaban J connectivity index is 2.39. The van der Waals surface area contributed by atoms with Crippen molar-refractivity contribution in [2.45, 2.75) is 18.5 Å². The summed E-state index contributed by atoms with van der Waals surface area (Å²) in [5.41, 5.74) is 8.09. The molecule has 1 aromatic carbocycles. The van der Waals surface area contributed by atoms with Crippen molar-refractivity contribution in [1.29, 1.82) is 0 Å². The van der Waals surface area contributed by atoms with Crippen molar-refractivity contribution >= 4 is 0 Å². The average Bonchev–Trinajstić information content (AvgIpc) is 2.19. The molecular weight excluding hydrogens is 176 g/mol. The number of fused-ring (bicyclic) bond motifs is 1. The Labute approximate surface area is 83.9 Å². The molecule has 1 aliphatic heterocycles. The predicted octanol–water partition coefficient (Wildman–Crippen LogP) is 0.326. The zero-order valence-electron chi connectivity index (χ0n) is 8.16. The SMILES string of the molecule is NC1(CCO)NCCc2ccccc21. The largest absolute Gasteiger partial charge is 0.396 e. The lowest BCUT2D eigenvalue weighted by molar-refractivity contribution is 0.207. The maximum Gasteiger partial charge on any atom is 0.0949 e. The fraction of sp³-hybridized carbons (Fsp3) is 0.455. The van der Waals surface area contributed by atoms with E-state index in [-0.39, 0.29) is 6.61 Å². The van der Waals surface area contributed by atoms with Crippen molar-refractivity contribution in [3.8, 4) is 0 Å². The lowest BCUT2D eigenvalue weighted by Crippen LogP contribution is -2.54. The number of nitrogens with one attached hydrogen (secondary N) is 1. The molecule has 0 aliphatic carbocycles. The first-order chi connectivity index (χ1) is 6.76. The zero-order chi connectivity index (χ0) is 10.0. The van der Waals surface area contributed by atoms with Crippen LogP contribution in [0, 0.1) is 0 Å². The maximum atomic E-state index is 8.99. The van der Waals surface area contributed by atoms with Crippen molar-refractivity contribution in [2.24, 2.45) is 5.73 Å². The number of hydrogen-bond donors (Lipinski definition) is 3. The van der Waals surface area contributed by atoms with Crippen LogP contribution in [-0.4, -0.2) is 18.3 Å². The van der Waals surface area contributed by atoms with Crippen LogP contribution >= 0.6 is 0 Å². The van der Waals surface area contributed by atoms with E-state index in [1.165, 1.54) is 5.56 Å². The van der Waals surface area contributed by atoms with E-state index in [4.69, 9.17) is 10.8 Å². The molecule has 2 rings (SSSR count). The quantitative estimate of drug-likeness (QED) is 0.632. The summed E-state index contributed by atoms with van der Waals surface area (Å²) in [4.78, 5) is 0. The highest BCUT2D eigenvalue weighted by Gasteiger charge is 2.30. The van der Waals surface area contributed by atoms with Gasteiger partial charge in [-0.3, -0.25) is 5.32 Å². The fourth-order valence-corrected chi connectivity index (χ4v) is 2.09. The lowest BCUT2D eigenvalue weighted by Gasteiger charge is -2.36. The van der Waals surface area contributed by atoms with E-state index in [9.17, 15) is 0 Å². The van der Waals surface area contributed by atoms with Crippen LogP contribution in [0.5, 0.6) is 0 Å². The van der Waals surface area contributed by atoms with Gasteiger partial charge in [0, 0.05) is 19.6 Å². The lowest BCUT2D eigenvalue weighted by atomic mass is 9.88. The van der Waals surface area contributed by atoms with E-state index < -0.39 is 5.66 Å². The molecule has 0 fully saturated rings. The van der Waals surface area contributed by atoms with E-state index in [1.807, 2.05) is 18.2 Å². The Morgan fingerprint density at radius 2 is 2.21 bits per heavy atom. The van der Waals surface area contributed by atoms with E-state index in [2.05, 4.69) is 11.4 Å². The molecule has 0 spiro atoms. The number of rotatable bonds is 2. The molecule has 76 valence electrons. The third kappa shape index (κ3) is 1.54. The second-order valence-corrected chi connectivity index (χ2v) is 3.78. The Bertz CT molecular complexity index is 327. The molecule has 1 aliphatic rings. The zero-order valence-corrected chi connectivity index (χ0v) is 8.16. The first kappa shape index (κ1) is 9.65. The average molecular weight is 192 g/mol. The minimum atomic E-state index is -0.538. The summed E-state index contributed by atoms with van der Waals surface area (Å²) in [6.07, 6.45) is 1.57. The number of hydrogen-bond acceptors (Lipinski definition) is 3. The van der Waals surface area contributed by atoms with E-state index in [1.54, 1.807) is 0 Å². The standard InChI is InChI=1S/C11H16N2O/c12-11(6-8-14)10-4-2-1-3-9(10)5-7-13-11/h1-4,13-14H,5-8,12H2. The number of aliphatic hydroxyl groups is 1. The molecular formula is C11H16N2O. The van der Waals surface area contributed by atoms with Gasteiger partial charge in [-0.15, -0.1) is 0 Å². The van der Waals surface area contributed by atoms with Gasteiger partial charge in [0.2, 0.25) is 0 Å². The third-order valence-corrected chi connectivity index (χ3v) is 2.84. The molecule has 0 saturated carbocycles. The van der Waals surface area contributed by atoms with Crippen molar-refractivity contribution in [1.82, 2.24) is 5.32 Å². The Morgan fingerprint density at radius 1 is 1.43 bits per heavy atom. The summed E-state index contributed by atoms with van der Waals surface area (Å²) in [5.74, 6) is 0. The van der Waals surface area contributed by atoms with E-state index >= 15 is 0 Å². The number of benzene rings is 1. The van der Waals surface area contributed by atoms with Crippen LogP contribution in [0.4, 0.5) is 0 Å². The van der Waals surface area contributed by atoms with Crippen LogP contribution in [0.15, 0.2) is 24.3 Å². The molecule has 0 aromatic heterocycles. The highest BCUT2D eigenvalue weighted by molar-refractivity contribution is 5.35. The maximum absolute atomic E-state index is 8.99. The smallest absolute Gasteiger partial charge is 0.0949 e. The molecule has 3 nitrogen and oxygen atoms in total. The number of nitrogens with two attached hydrogens (primary N) is 1. The van der Waals surface area contributed by atoms with Gasteiger partial charge >= 0.3 is 0 Å². The van der Waals surface area contributed by atoms with Crippen LogP contribution in [0.3, 0.4) is 0 Å². The summed E-state index contributed by atoms with van der Waals surface area (Å²) < 4.78 is 0. The molecule has 1 heterocycles. The molecule has 1 unspecified atom stereocenters. The first-order valence-corrected chi connectivity index (χ1v) is 4.99. The van der Waals surface area contributed by atoms with Gasteiger partial charge in [0.05, 0.1) is 5.66 Å². The van der Waals surface area contributed by atoms with Gasteiger partial charge in [-0.2, -0.15) is 0 Å². The Hall–Kier alpha value is -0.900. The van der Waals surface area contributed by atoms with E-state index in [0.717, 1.165) is 18.5 Å². The van der Waals surface area contributed by atoms with Gasteiger partial charge < -0.3 is 10.8 Å². The van der Waals surface area contributed by atoms with Crippen LogP contribution in [0.2, 0.25) is 0 Å². The topological polar surface area (TPSA) is 58.3 Å². The fourth-order valence-electron chi connectivity index (χ4n) is 2.09. The monoisotopic (exact) mass is 192 g/mol. The van der Waals surface area contributed by atoms with Crippen LogP contribution in [-0.2, 0) is 12.1 Å². The minimum Gasteiger partial charge on any atom is -0.396 e. The molecule has 0 radical (unpaired) electrons. The minimum absolute atomic E-state index is 0.109. The summed E-state index contributed by atoms with van der Waals surface area (Å²) in [6.45, 7) is 0.991. The van der Waals surface area contributed by atoms with Crippen molar-refractivity contribution < 1.29 is 5.11 Å². The van der Waals surface area contributed by atoms with Crippen LogP contribution in [0.1, 0.15) is 17.5 Å². The van der Waals surface area contributed by atoms with Gasteiger partial charge in [0.15, 0.2) is 0 Å². The summed E-state index contributed by atoms with van der Waals surface area (Å²) in [7, 11) is 0. The van der Waals surface area contributed by atoms with Gasteiger partial charge in [0.25, 0.3) is 0 Å². The molecule has 3 heteroatoms. The van der Waals surface area contributed by atoms with Gasteiger partial charge in [-0.25, -0.2) is 0 Å². The highest BCUT2D eigenvalue weighted by atomic mass is 16.3. The summed E-state index contributed by atoms with van der Waals surface area (Å²) in [5, 5.41) is 12.3. The van der Waals surface area contributed by atoms with Crippen LogP contribution < -0.4 is 11.1 Å². The van der Waals surface area contributed by atoms with Crippen molar-refractivity contribution in [3.63, 3.8) is 0 Å². The van der Waals surface area contributed by atoms with Gasteiger partial charge in [0.1, 0.15) is 0 Å². The van der Waals surface area contributed by atoms with E-state index in [0.29, 0.717) is 6.42 Å². The summed E-state index contributed by atoms with van der Waals surface area (Å²) in [6, 6.07) is 8.17. The van der Waals surface area contributed by atoms with Crippen molar-refractivity contribution in [2.75, 3.05) is 13.2 Å². The highest BCUT2D eigenvalue weighted by Crippen LogP contribution is 2.26. The van der Waals surface area contributed by atoms with Gasteiger partial charge in [-0.05, 0) is 17.5 Å². The first-order valence-electron chi connectivity index (χ1n) is 4.99. The molecule has 4 N–H and O–H groups in total. The number of aliphatic hydroxyl groups excluding tert-OH is 1. The second kappa shape index (κ2) is 3.69. The molecule has 14 heavy (non-hydrogen) atoms.